The van der Waals surface area contributed by atoms with Crippen molar-refractivity contribution in [3.8, 4) is 29.2 Å². The van der Waals surface area contributed by atoms with Gasteiger partial charge in [-0.25, -0.2) is 4.98 Å². The summed E-state index contributed by atoms with van der Waals surface area (Å²) in [6.45, 7) is 0. The fourth-order valence-electron chi connectivity index (χ4n) is 4.82. The second-order valence-corrected chi connectivity index (χ2v) is 8.55. The Kier molecular flexibility index (Phi) is 5.02. The van der Waals surface area contributed by atoms with Crippen molar-refractivity contribution in [2.45, 2.75) is 0 Å². The fourth-order valence-corrected chi connectivity index (χ4v) is 4.82. The molecule has 0 unspecified atom stereocenters. The normalized spacial score (nSPS) is 11.0. The van der Waals surface area contributed by atoms with Crippen molar-refractivity contribution in [3.05, 3.63) is 102 Å². The van der Waals surface area contributed by atoms with E-state index in [1.54, 1.807) is 42.5 Å². The predicted octanol–water partition coefficient (Wildman–Crippen LogP) is 4.42. The number of nitrogens with zero attached hydrogens (tertiary/aromatic N) is 4. The van der Waals surface area contributed by atoms with Gasteiger partial charge in [0.25, 0.3) is 0 Å². The van der Waals surface area contributed by atoms with Crippen LogP contribution in [0.25, 0.3) is 49.7 Å². The number of rotatable bonds is 3. The van der Waals surface area contributed by atoms with Gasteiger partial charge >= 0.3 is 7.12 Å². The highest BCUT2D eigenvalue weighted by Crippen LogP contribution is 2.39. The molecule has 0 aliphatic rings. The third-order valence-corrected chi connectivity index (χ3v) is 6.43. The van der Waals surface area contributed by atoms with E-state index in [2.05, 4.69) is 30.3 Å². The summed E-state index contributed by atoms with van der Waals surface area (Å²) < 4.78 is 1.98. The van der Waals surface area contributed by atoms with Crippen LogP contribution in [0.3, 0.4) is 0 Å². The summed E-state index contributed by atoms with van der Waals surface area (Å²) in [5.74, 6) is 0.615. The first-order valence-corrected chi connectivity index (χ1v) is 11.3. The largest absolute Gasteiger partial charge is 0.488 e. The Morgan fingerprint density at radius 3 is 1.83 bits per heavy atom. The van der Waals surface area contributed by atoms with Crippen molar-refractivity contribution in [1.29, 1.82) is 10.5 Å². The molecule has 0 radical (unpaired) electrons. The van der Waals surface area contributed by atoms with Crippen molar-refractivity contribution in [3.63, 3.8) is 0 Å². The minimum absolute atomic E-state index is 0.371. The first kappa shape index (κ1) is 21.6. The summed E-state index contributed by atoms with van der Waals surface area (Å²) in [7, 11) is -1.57. The van der Waals surface area contributed by atoms with Gasteiger partial charge in [-0.3, -0.25) is 4.57 Å². The molecule has 0 saturated heterocycles. The van der Waals surface area contributed by atoms with Gasteiger partial charge in [-0.15, -0.1) is 0 Å². The lowest BCUT2D eigenvalue weighted by Crippen LogP contribution is -2.29. The summed E-state index contributed by atoms with van der Waals surface area (Å²) in [6, 6.07) is 32.5. The van der Waals surface area contributed by atoms with Crippen LogP contribution in [0.1, 0.15) is 11.1 Å². The van der Waals surface area contributed by atoms with E-state index in [-0.39, 0.29) is 0 Å². The van der Waals surface area contributed by atoms with E-state index >= 15 is 0 Å². The zero-order valence-corrected chi connectivity index (χ0v) is 18.9. The van der Waals surface area contributed by atoms with Crippen LogP contribution in [0.15, 0.2) is 91.0 Å². The molecular weight excluding hydrogens is 447 g/mol. The average Bonchev–Trinajstić information content (AvgIpc) is 3.34. The van der Waals surface area contributed by atoms with Gasteiger partial charge in [-0.05, 0) is 34.4 Å². The second-order valence-electron chi connectivity index (χ2n) is 8.55. The van der Waals surface area contributed by atoms with Crippen LogP contribution in [0.2, 0.25) is 0 Å². The highest BCUT2D eigenvalue weighted by Gasteiger charge is 2.21. The maximum atomic E-state index is 9.64. The molecule has 0 fully saturated rings. The Hall–Kier alpha value is -4.95. The smallest absolute Gasteiger partial charge is 0.423 e. The zero-order chi connectivity index (χ0) is 24.8. The van der Waals surface area contributed by atoms with E-state index in [1.807, 2.05) is 34.9 Å². The van der Waals surface area contributed by atoms with Crippen LogP contribution in [0, 0.1) is 22.7 Å². The molecule has 6 aromatic rings. The molecule has 0 atom stereocenters. The van der Waals surface area contributed by atoms with Gasteiger partial charge in [0, 0.05) is 16.3 Å². The van der Waals surface area contributed by atoms with Crippen LogP contribution in [0.4, 0.5) is 0 Å². The van der Waals surface area contributed by atoms with E-state index in [1.165, 1.54) is 0 Å². The number of benzene rings is 5. The van der Waals surface area contributed by atoms with Crippen LogP contribution < -0.4 is 5.46 Å². The van der Waals surface area contributed by atoms with Crippen molar-refractivity contribution >= 4 is 45.2 Å². The summed E-state index contributed by atoms with van der Waals surface area (Å²) in [5, 5.41) is 42.5. The molecule has 7 heteroatoms. The molecular formula is C29H17BN4O2. The molecule has 2 N–H and O–H groups in total. The maximum Gasteiger partial charge on any atom is 0.488 e. The summed E-state index contributed by atoms with van der Waals surface area (Å²) in [6.07, 6.45) is 0. The second kappa shape index (κ2) is 8.37. The Balaban J connectivity index is 1.81. The fraction of sp³-hybridized carbons (Fsp3) is 0. The van der Waals surface area contributed by atoms with Crippen LogP contribution >= 0.6 is 0 Å². The SMILES string of the molecule is N#Cc1cc(C#N)cc(-n2c(-c3ccc(B(O)O)cc3)nc3c4ccccc4c4ccccc4c32)c1. The number of imidazole rings is 1. The number of nitriles is 2. The average molecular weight is 464 g/mol. The third-order valence-electron chi connectivity index (χ3n) is 6.43. The number of aromatic nitrogens is 2. The molecule has 0 spiro atoms. The molecule has 1 heterocycles. The predicted molar refractivity (Wildman–Crippen MR) is 141 cm³/mol. The van der Waals surface area contributed by atoms with Gasteiger partial charge in [0.15, 0.2) is 0 Å². The van der Waals surface area contributed by atoms with Crippen molar-refractivity contribution < 1.29 is 10.0 Å². The molecule has 0 aliphatic carbocycles. The third kappa shape index (κ3) is 3.32. The van der Waals surface area contributed by atoms with E-state index in [0.29, 0.717) is 28.1 Å². The summed E-state index contributed by atoms with van der Waals surface area (Å²) in [4.78, 5) is 5.10. The topological polar surface area (TPSA) is 106 Å². The molecule has 1 aromatic heterocycles. The Labute approximate surface area is 206 Å². The summed E-state index contributed by atoms with van der Waals surface area (Å²) >= 11 is 0. The van der Waals surface area contributed by atoms with Crippen LogP contribution in [0.5, 0.6) is 0 Å². The minimum atomic E-state index is -1.57. The standard InChI is InChI=1S/C29H17BN4O2/c31-16-18-13-19(17-32)15-22(14-18)34-28-26-8-4-2-6-24(26)23-5-1-3-7-25(23)27(28)33-29(34)20-9-11-21(12-10-20)30(35)36/h1-15,35-36H. The van der Waals surface area contributed by atoms with Gasteiger partial charge in [-0.1, -0.05) is 72.8 Å². The Morgan fingerprint density at radius 2 is 1.25 bits per heavy atom. The van der Waals surface area contributed by atoms with Crippen LogP contribution in [-0.4, -0.2) is 26.7 Å². The number of hydrogen-bond acceptors (Lipinski definition) is 5. The van der Waals surface area contributed by atoms with E-state index < -0.39 is 7.12 Å². The maximum absolute atomic E-state index is 9.64. The molecule has 6 nitrogen and oxygen atoms in total. The van der Waals surface area contributed by atoms with E-state index in [4.69, 9.17) is 4.98 Å². The number of hydrogen-bond donors (Lipinski definition) is 2. The highest BCUT2D eigenvalue weighted by atomic mass is 16.4. The molecule has 6 rings (SSSR count). The quantitative estimate of drug-likeness (QED) is 0.298. The molecule has 5 aromatic carbocycles. The van der Waals surface area contributed by atoms with E-state index in [9.17, 15) is 20.6 Å². The van der Waals surface area contributed by atoms with Crippen molar-refractivity contribution in [2.75, 3.05) is 0 Å². The lowest BCUT2D eigenvalue weighted by atomic mass is 9.80. The molecule has 0 saturated carbocycles. The van der Waals surface area contributed by atoms with Gasteiger partial charge < -0.3 is 10.0 Å². The van der Waals surface area contributed by atoms with Gasteiger partial charge in [-0.2, -0.15) is 10.5 Å². The number of fused-ring (bicyclic) bond motifs is 6. The van der Waals surface area contributed by atoms with Gasteiger partial charge in [0.1, 0.15) is 5.82 Å². The Bertz CT molecular complexity index is 1860. The Morgan fingerprint density at radius 1 is 0.694 bits per heavy atom. The zero-order valence-electron chi connectivity index (χ0n) is 18.9. The monoisotopic (exact) mass is 464 g/mol. The van der Waals surface area contributed by atoms with Gasteiger partial charge in [0.2, 0.25) is 0 Å². The molecule has 36 heavy (non-hydrogen) atoms. The van der Waals surface area contributed by atoms with Crippen molar-refractivity contribution in [2.24, 2.45) is 0 Å². The van der Waals surface area contributed by atoms with E-state index in [0.717, 1.165) is 38.1 Å². The first-order chi connectivity index (χ1) is 17.6. The van der Waals surface area contributed by atoms with Gasteiger partial charge in [0.05, 0.1) is 40.0 Å². The highest BCUT2D eigenvalue weighted by molar-refractivity contribution is 6.58. The molecule has 0 amide bonds. The molecule has 0 bridgehead atoms. The van der Waals surface area contributed by atoms with Crippen LogP contribution in [-0.2, 0) is 0 Å². The lowest BCUT2D eigenvalue weighted by Gasteiger charge is -2.13. The summed E-state index contributed by atoms with van der Waals surface area (Å²) in [5.41, 5.74) is 4.19. The van der Waals surface area contributed by atoms with Crippen molar-refractivity contribution in [1.82, 2.24) is 9.55 Å². The molecule has 168 valence electrons. The lowest BCUT2D eigenvalue weighted by molar-refractivity contribution is 0.426. The first-order valence-electron chi connectivity index (χ1n) is 11.3. The molecule has 0 aliphatic heterocycles. The minimum Gasteiger partial charge on any atom is -0.423 e.